The van der Waals surface area contributed by atoms with Crippen molar-refractivity contribution in [3.05, 3.63) is 64.8 Å². The minimum Gasteiger partial charge on any atom is -0.495 e. The van der Waals surface area contributed by atoms with E-state index in [1.807, 2.05) is 6.07 Å². The summed E-state index contributed by atoms with van der Waals surface area (Å²) in [5.41, 5.74) is 15.1. The standard InChI is InChI=1S/C28H35ClN6O3S/c1-16(2)39(36,37)24-9-7-6-8-20(24)33-21-14-26(32-15-19(21)29)34-22-12-17-10-11-25(35-27(30)31)28(3,4)18(17)13-23(22)38-5/h6-9,12-16,25H,10-11H2,1-5H3,(H4,30,31,35)(H2,32,33,34). The summed E-state index contributed by atoms with van der Waals surface area (Å²) >= 11 is 6.46. The van der Waals surface area contributed by atoms with Gasteiger partial charge in [0, 0.05) is 11.5 Å². The molecule has 39 heavy (non-hydrogen) atoms. The predicted molar refractivity (Wildman–Crippen MR) is 159 cm³/mol. The maximum Gasteiger partial charge on any atom is 0.186 e. The average molecular weight is 571 g/mol. The molecule has 1 aliphatic carbocycles. The van der Waals surface area contributed by atoms with Crippen molar-refractivity contribution in [1.82, 2.24) is 4.98 Å². The lowest BCUT2D eigenvalue weighted by Crippen LogP contribution is -2.40. The van der Waals surface area contributed by atoms with Crippen molar-refractivity contribution in [3.8, 4) is 5.75 Å². The van der Waals surface area contributed by atoms with Gasteiger partial charge >= 0.3 is 0 Å². The van der Waals surface area contributed by atoms with Crippen LogP contribution < -0.4 is 26.8 Å². The number of nitrogens with one attached hydrogen (secondary N) is 2. The van der Waals surface area contributed by atoms with Crippen LogP contribution in [0.25, 0.3) is 0 Å². The number of ether oxygens (including phenoxy) is 1. The van der Waals surface area contributed by atoms with Crippen LogP contribution in [0.5, 0.6) is 5.75 Å². The topological polar surface area (TPSA) is 145 Å². The van der Waals surface area contributed by atoms with Crippen LogP contribution >= 0.6 is 11.6 Å². The van der Waals surface area contributed by atoms with Crippen molar-refractivity contribution in [2.45, 2.75) is 62.1 Å². The number of aromatic nitrogens is 1. The molecule has 1 unspecified atom stereocenters. The Bertz CT molecular complexity index is 1520. The van der Waals surface area contributed by atoms with Gasteiger partial charge in [0.1, 0.15) is 11.6 Å². The number of para-hydroxylation sites is 1. The summed E-state index contributed by atoms with van der Waals surface area (Å²) in [6.07, 6.45) is 3.13. The summed E-state index contributed by atoms with van der Waals surface area (Å²) in [6, 6.07) is 12.6. The number of methoxy groups -OCH3 is 1. The first-order chi connectivity index (χ1) is 18.3. The second kappa shape index (κ2) is 10.9. The molecule has 0 aliphatic heterocycles. The van der Waals surface area contributed by atoms with Gasteiger partial charge in [0.05, 0.1) is 51.6 Å². The number of pyridine rings is 1. The normalized spacial score (nSPS) is 16.3. The van der Waals surface area contributed by atoms with Gasteiger partial charge in [0.25, 0.3) is 0 Å². The van der Waals surface area contributed by atoms with Gasteiger partial charge in [-0.05, 0) is 62.1 Å². The van der Waals surface area contributed by atoms with E-state index in [1.165, 1.54) is 11.8 Å². The summed E-state index contributed by atoms with van der Waals surface area (Å²) in [4.78, 5) is 9.11. The number of sulfone groups is 1. The van der Waals surface area contributed by atoms with Gasteiger partial charge in [-0.2, -0.15) is 0 Å². The lowest BCUT2D eigenvalue weighted by Gasteiger charge is -2.38. The molecule has 208 valence electrons. The van der Waals surface area contributed by atoms with Crippen molar-refractivity contribution in [1.29, 1.82) is 0 Å². The Morgan fingerprint density at radius 2 is 1.85 bits per heavy atom. The quantitative estimate of drug-likeness (QED) is 0.211. The van der Waals surface area contributed by atoms with Crippen LogP contribution in [0.4, 0.5) is 22.9 Å². The number of aryl methyl sites for hydroxylation is 1. The van der Waals surface area contributed by atoms with Gasteiger partial charge in [-0.1, -0.05) is 37.6 Å². The third-order valence-electron chi connectivity index (χ3n) is 7.15. The second-order valence-electron chi connectivity index (χ2n) is 10.4. The second-order valence-corrected chi connectivity index (χ2v) is 13.3. The van der Waals surface area contributed by atoms with E-state index in [1.54, 1.807) is 51.3 Å². The maximum atomic E-state index is 12.9. The molecule has 3 aromatic rings. The Morgan fingerprint density at radius 3 is 2.51 bits per heavy atom. The van der Waals surface area contributed by atoms with Crippen molar-refractivity contribution in [2.75, 3.05) is 17.7 Å². The van der Waals surface area contributed by atoms with Crippen LogP contribution in [0.2, 0.25) is 5.02 Å². The highest BCUT2D eigenvalue weighted by atomic mass is 35.5. The number of rotatable bonds is 8. The highest BCUT2D eigenvalue weighted by Gasteiger charge is 2.37. The minimum atomic E-state index is -3.51. The molecule has 11 heteroatoms. The fraction of sp³-hybridized carbons (Fsp3) is 0.357. The number of aliphatic imine (C=N–C) groups is 1. The zero-order chi connectivity index (χ0) is 28.5. The summed E-state index contributed by atoms with van der Waals surface area (Å²) < 4.78 is 31.6. The summed E-state index contributed by atoms with van der Waals surface area (Å²) in [7, 11) is -1.90. The number of nitrogens with zero attached hydrogens (tertiary/aromatic N) is 2. The monoisotopic (exact) mass is 570 g/mol. The largest absolute Gasteiger partial charge is 0.495 e. The van der Waals surface area contributed by atoms with E-state index in [2.05, 4.69) is 40.5 Å². The van der Waals surface area contributed by atoms with Crippen LogP contribution in [0.3, 0.4) is 0 Å². The van der Waals surface area contributed by atoms with Crippen LogP contribution in [0.1, 0.15) is 45.2 Å². The molecular formula is C28H35ClN6O3S. The van der Waals surface area contributed by atoms with Crippen LogP contribution in [-0.4, -0.2) is 37.8 Å². The summed E-state index contributed by atoms with van der Waals surface area (Å²) in [5.74, 6) is 1.24. The van der Waals surface area contributed by atoms with Crippen LogP contribution in [0.15, 0.2) is 58.5 Å². The number of nitrogens with two attached hydrogens (primary N) is 2. The molecule has 1 aromatic heterocycles. The molecule has 0 amide bonds. The van der Waals surface area contributed by atoms with Crippen LogP contribution in [0, 0.1) is 0 Å². The third-order valence-corrected chi connectivity index (χ3v) is 9.66. The molecule has 0 fully saturated rings. The average Bonchev–Trinajstić information content (AvgIpc) is 2.87. The molecule has 1 aliphatic rings. The fourth-order valence-corrected chi connectivity index (χ4v) is 6.25. The lowest BCUT2D eigenvalue weighted by molar-refractivity contribution is 0.361. The van der Waals surface area contributed by atoms with Crippen molar-refractivity contribution in [2.24, 2.45) is 16.5 Å². The Morgan fingerprint density at radius 1 is 1.13 bits per heavy atom. The first-order valence-corrected chi connectivity index (χ1v) is 14.6. The van der Waals surface area contributed by atoms with Crippen molar-refractivity contribution in [3.63, 3.8) is 0 Å². The molecule has 4 rings (SSSR count). The van der Waals surface area contributed by atoms with E-state index in [-0.39, 0.29) is 22.3 Å². The Hall–Kier alpha value is -3.50. The van der Waals surface area contributed by atoms with Crippen molar-refractivity contribution >= 4 is 50.3 Å². The molecule has 2 aromatic carbocycles. The van der Waals surface area contributed by atoms with Gasteiger partial charge in [0.15, 0.2) is 15.8 Å². The number of fused-ring (bicyclic) bond motifs is 1. The van der Waals surface area contributed by atoms with Gasteiger partial charge < -0.3 is 26.8 Å². The molecule has 0 saturated heterocycles. The molecule has 0 spiro atoms. The third kappa shape index (κ3) is 5.77. The van der Waals surface area contributed by atoms with E-state index in [4.69, 9.17) is 27.8 Å². The number of benzene rings is 2. The van der Waals surface area contributed by atoms with E-state index >= 15 is 0 Å². The zero-order valence-electron chi connectivity index (χ0n) is 22.7. The fourth-order valence-electron chi connectivity index (χ4n) is 4.89. The summed E-state index contributed by atoms with van der Waals surface area (Å²) in [5, 5.41) is 6.30. The van der Waals surface area contributed by atoms with E-state index < -0.39 is 15.1 Å². The molecule has 9 nitrogen and oxygen atoms in total. The van der Waals surface area contributed by atoms with Gasteiger partial charge in [-0.25, -0.2) is 18.4 Å². The molecule has 1 heterocycles. The van der Waals surface area contributed by atoms with E-state index in [9.17, 15) is 8.42 Å². The number of anilines is 4. The molecule has 1 atom stereocenters. The highest BCUT2D eigenvalue weighted by molar-refractivity contribution is 7.92. The van der Waals surface area contributed by atoms with E-state index in [0.29, 0.717) is 28.0 Å². The smallest absolute Gasteiger partial charge is 0.186 e. The Kier molecular flexibility index (Phi) is 7.99. The Labute approximate surface area is 234 Å². The number of halogens is 1. The van der Waals surface area contributed by atoms with Gasteiger partial charge in [-0.3, -0.25) is 0 Å². The molecular weight excluding hydrogens is 536 g/mol. The lowest BCUT2D eigenvalue weighted by atomic mass is 9.69. The van der Waals surface area contributed by atoms with Crippen molar-refractivity contribution < 1.29 is 13.2 Å². The number of hydrogen-bond donors (Lipinski definition) is 4. The van der Waals surface area contributed by atoms with Gasteiger partial charge in [0.2, 0.25) is 0 Å². The number of hydrogen-bond acceptors (Lipinski definition) is 7. The maximum absolute atomic E-state index is 12.9. The van der Waals surface area contributed by atoms with Gasteiger partial charge in [-0.15, -0.1) is 0 Å². The number of guanidine groups is 1. The predicted octanol–water partition coefficient (Wildman–Crippen LogP) is 5.28. The van der Waals surface area contributed by atoms with E-state index in [0.717, 1.165) is 24.1 Å². The SMILES string of the molecule is COc1cc2c(cc1Nc1cc(Nc3ccccc3S(=O)(=O)C(C)C)c(Cl)cn1)CCC(N=C(N)N)C2(C)C. The first kappa shape index (κ1) is 28.5. The molecule has 0 saturated carbocycles. The first-order valence-electron chi connectivity index (χ1n) is 12.7. The Balaban J connectivity index is 1.67. The zero-order valence-corrected chi connectivity index (χ0v) is 24.3. The molecule has 0 radical (unpaired) electrons. The highest BCUT2D eigenvalue weighted by Crippen LogP contribution is 2.43. The van der Waals surface area contributed by atoms with Crippen LogP contribution in [-0.2, 0) is 21.7 Å². The summed E-state index contributed by atoms with van der Waals surface area (Å²) in [6.45, 7) is 7.57. The molecule has 0 bridgehead atoms. The molecule has 6 N–H and O–H groups in total. The minimum absolute atomic E-state index is 0.0348.